The SMILES string of the molecule is Cc1cc(C)n2nc(SCC(=O)NN=Cc3cccnc3)nc2n1. The number of aryl methyl sites for hydroxylation is 2. The second kappa shape index (κ2) is 7.18. The van der Waals surface area contributed by atoms with Crippen molar-refractivity contribution in [3.63, 3.8) is 0 Å². The van der Waals surface area contributed by atoms with Gasteiger partial charge in [-0.1, -0.05) is 17.8 Å². The van der Waals surface area contributed by atoms with Gasteiger partial charge < -0.3 is 0 Å². The van der Waals surface area contributed by atoms with Crippen molar-refractivity contribution < 1.29 is 4.79 Å². The van der Waals surface area contributed by atoms with E-state index in [0.717, 1.165) is 17.0 Å². The fourth-order valence-electron chi connectivity index (χ4n) is 2.00. The van der Waals surface area contributed by atoms with Crippen LogP contribution in [0.2, 0.25) is 0 Å². The molecule has 0 unspecified atom stereocenters. The Bertz CT molecular complexity index is 891. The highest BCUT2D eigenvalue weighted by Crippen LogP contribution is 2.14. The van der Waals surface area contributed by atoms with E-state index in [9.17, 15) is 4.79 Å². The third kappa shape index (κ3) is 3.93. The van der Waals surface area contributed by atoms with Gasteiger partial charge in [0.25, 0.3) is 11.7 Å². The van der Waals surface area contributed by atoms with Crippen LogP contribution in [0.4, 0.5) is 0 Å². The lowest BCUT2D eigenvalue weighted by molar-refractivity contribution is -0.118. The van der Waals surface area contributed by atoms with Crippen LogP contribution in [0.25, 0.3) is 5.78 Å². The standard InChI is InChI=1S/C15H15N7OS/c1-10-6-11(2)22-14(18-10)19-15(21-22)24-9-13(23)20-17-8-12-4-3-5-16-7-12/h3-8H,9H2,1-2H3,(H,20,23). The van der Waals surface area contributed by atoms with Crippen LogP contribution in [-0.4, -0.2) is 42.4 Å². The molecule has 0 spiro atoms. The molecule has 8 nitrogen and oxygen atoms in total. The lowest BCUT2D eigenvalue weighted by Crippen LogP contribution is -2.19. The predicted molar refractivity (Wildman–Crippen MR) is 91.0 cm³/mol. The van der Waals surface area contributed by atoms with Crippen LogP contribution in [0, 0.1) is 13.8 Å². The highest BCUT2D eigenvalue weighted by atomic mass is 32.2. The smallest absolute Gasteiger partial charge is 0.253 e. The summed E-state index contributed by atoms with van der Waals surface area (Å²) in [5, 5.41) is 8.72. The molecule has 3 aromatic rings. The number of hydrogen-bond acceptors (Lipinski definition) is 7. The first-order valence-corrected chi connectivity index (χ1v) is 8.16. The zero-order valence-corrected chi connectivity index (χ0v) is 14.0. The monoisotopic (exact) mass is 341 g/mol. The van der Waals surface area contributed by atoms with Crippen LogP contribution in [-0.2, 0) is 4.79 Å². The van der Waals surface area contributed by atoms with Crippen molar-refractivity contribution in [1.29, 1.82) is 0 Å². The van der Waals surface area contributed by atoms with Crippen molar-refractivity contribution in [2.45, 2.75) is 19.0 Å². The van der Waals surface area contributed by atoms with E-state index in [0.29, 0.717) is 10.9 Å². The molecule has 0 aliphatic rings. The maximum Gasteiger partial charge on any atom is 0.253 e. The van der Waals surface area contributed by atoms with Crippen molar-refractivity contribution in [2.75, 3.05) is 5.75 Å². The first kappa shape index (κ1) is 16.1. The molecular formula is C15H15N7OS. The maximum atomic E-state index is 11.8. The molecule has 24 heavy (non-hydrogen) atoms. The molecule has 0 aliphatic carbocycles. The minimum Gasteiger partial charge on any atom is -0.272 e. The molecule has 122 valence electrons. The Balaban J connectivity index is 1.56. The minimum absolute atomic E-state index is 0.166. The van der Waals surface area contributed by atoms with Gasteiger partial charge in [-0.15, -0.1) is 5.10 Å². The lowest BCUT2D eigenvalue weighted by atomic mass is 10.3. The van der Waals surface area contributed by atoms with Gasteiger partial charge in [-0.25, -0.2) is 14.9 Å². The van der Waals surface area contributed by atoms with E-state index in [-0.39, 0.29) is 11.7 Å². The van der Waals surface area contributed by atoms with E-state index in [2.05, 4.69) is 30.6 Å². The summed E-state index contributed by atoms with van der Waals surface area (Å²) in [7, 11) is 0. The highest BCUT2D eigenvalue weighted by Gasteiger charge is 2.10. The Kier molecular flexibility index (Phi) is 4.80. The Morgan fingerprint density at radius 3 is 3.08 bits per heavy atom. The van der Waals surface area contributed by atoms with Crippen LogP contribution in [0.5, 0.6) is 0 Å². The second-order valence-electron chi connectivity index (χ2n) is 5.01. The molecule has 0 saturated heterocycles. The van der Waals surface area contributed by atoms with E-state index in [4.69, 9.17) is 0 Å². The molecule has 3 heterocycles. The van der Waals surface area contributed by atoms with Crippen LogP contribution in [0.3, 0.4) is 0 Å². The van der Waals surface area contributed by atoms with Crippen LogP contribution < -0.4 is 5.43 Å². The molecular weight excluding hydrogens is 326 g/mol. The average Bonchev–Trinajstić information content (AvgIpc) is 2.97. The molecule has 0 fully saturated rings. The maximum absolute atomic E-state index is 11.8. The van der Waals surface area contributed by atoms with Gasteiger partial charge in [0.2, 0.25) is 5.16 Å². The van der Waals surface area contributed by atoms with E-state index in [1.54, 1.807) is 23.0 Å². The van der Waals surface area contributed by atoms with E-state index in [1.807, 2.05) is 26.0 Å². The summed E-state index contributed by atoms with van der Waals surface area (Å²) in [4.78, 5) is 24.4. The van der Waals surface area contributed by atoms with Gasteiger partial charge in [0.05, 0.1) is 12.0 Å². The molecule has 9 heteroatoms. The molecule has 0 bridgehead atoms. The molecule has 1 N–H and O–H groups in total. The number of carbonyl (C=O) groups excluding carboxylic acids is 1. The summed E-state index contributed by atoms with van der Waals surface area (Å²) < 4.78 is 1.66. The Morgan fingerprint density at radius 2 is 2.29 bits per heavy atom. The van der Waals surface area contributed by atoms with Gasteiger partial charge in [-0.3, -0.25) is 9.78 Å². The summed E-state index contributed by atoms with van der Waals surface area (Å²) in [6.45, 7) is 3.84. The molecule has 0 aliphatic heterocycles. The molecule has 0 aromatic carbocycles. The molecule has 3 aromatic heterocycles. The Morgan fingerprint density at radius 1 is 1.42 bits per heavy atom. The normalized spacial score (nSPS) is 11.2. The number of thioether (sulfide) groups is 1. The van der Waals surface area contributed by atoms with Crippen molar-refractivity contribution in [3.8, 4) is 0 Å². The number of nitrogens with one attached hydrogen (secondary N) is 1. The average molecular weight is 341 g/mol. The summed E-state index contributed by atoms with van der Waals surface area (Å²) in [6.07, 6.45) is 4.86. The number of hydrazone groups is 1. The van der Waals surface area contributed by atoms with Crippen LogP contribution in [0.1, 0.15) is 17.0 Å². The van der Waals surface area contributed by atoms with Crippen LogP contribution in [0.15, 0.2) is 40.9 Å². The first-order valence-electron chi connectivity index (χ1n) is 7.17. The van der Waals surface area contributed by atoms with E-state index >= 15 is 0 Å². The predicted octanol–water partition coefficient (Wildman–Crippen LogP) is 1.38. The number of amides is 1. The molecule has 3 rings (SSSR count). The van der Waals surface area contributed by atoms with Crippen molar-refractivity contribution in [2.24, 2.45) is 5.10 Å². The number of pyridine rings is 1. The van der Waals surface area contributed by atoms with Crippen molar-refractivity contribution in [1.82, 2.24) is 30.0 Å². The van der Waals surface area contributed by atoms with Gasteiger partial charge >= 0.3 is 0 Å². The topological polar surface area (TPSA) is 97.4 Å². The number of nitrogens with zero attached hydrogens (tertiary/aromatic N) is 6. The van der Waals surface area contributed by atoms with Gasteiger partial charge in [-0.2, -0.15) is 10.1 Å². The van der Waals surface area contributed by atoms with E-state index in [1.165, 1.54) is 18.0 Å². The summed E-state index contributed by atoms with van der Waals surface area (Å²) in [5.74, 6) is 0.462. The third-order valence-corrected chi connectivity index (χ3v) is 3.86. The minimum atomic E-state index is -0.236. The Hall–Kier alpha value is -2.81. The van der Waals surface area contributed by atoms with Gasteiger partial charge in [0.1, 0.15) is 0 Å². The number of carbonyl (C=O) groups is 1. The lowest BCUT2D eigenvalue weighted by Gasteiger charge is -1.97. The summed E-state index contributed by atoms with van der Waals surface area (Å²) in [6, 6.07) is 5.57. The van der Waals surface area contributed by atoms with E-state index < -0.39 is 0 Å². The van der Waals surface area contributed by atoms with Gasteiger partial charge in [0, 0.05) is 29.3 Å². The number of rotatable bonds is 5. The largest absolute Gasteiger partial charge is 0.272 e. The van der Waals surface area contributed by atoms with Crippen molar-refractivity contribution >= 4 is 29.7 Å². The molecule has 0 saturated carbocycles. The fourth-order valence-corrected chi connectivity index (χ4v) is 2.61. The number of hydrogen-bond donors (Lipinski definition) is 1. The first-order chi connectivity index (χ1) is 11.6. The summed E-state index contributed by atoms with van der Waals surface area (Å²) in [5.41, 5.74) is 5.10. The fraction of sp³-hybridized carbons (Fsp3) is 0.200. The van der Waals surface area contributed by atoms with Gasteiger partial charge in [0.15, 0.2) is 0 Å². The second-order valence-corrected chi connectivity index (χ2v) is 5.96. The highest BCUT2D eigenvalue weighted by molar-refractivity contribution is 7.99. The number of fused-ring (bicyclic) bond motifs is 1. The van der Waals surface area contributed by atoms with Crippen molar-refractivity contribution in [3.05, 3.63) is 47.5 Å². The summed E-state index contributed by atoms with van der Waals surface area (Å²) >= 11 is 1.23. The zero-order chi connectivity index (χ0) is 16.9. The molecule has 0 atom stereocenters. The zero-order valence-electron chi connectivity index (χ0n) is 13.2. The van der Waals surface area contributed by atoms with Crippen LogP contribution >= 0.6 is 11.8 Å². The number of aromatic nitrogens is 5. The quantitative estimate of drug-likeness (QED) is 0.428. The molecule has 1 amide bonds. The third-order valence-electron chi connectivity index (χ3n) is 3.02. The van der Waals surface area contributed by atoms with Gasteiger partial charge in [-0.05, 0) is 26.0 Å². The Labute approximate surface area is 142 Å². The molecule has 0 radical (unpaired) electrons.